The first-order valence-corrected chi connectivity index (χ1v) is 4.86. The van der Waals surface area contributed by atoms with Crippen LogP contribution in [-0.2, 0) is 0 Å². The van der Waals surface area contributed by atoms with Gasteiger partial charge in [0.2, 0.25) is 0 Å². The van der Waals surface area contributed by atoms with Crippen molar-refractivity contribution in [1.82, 2.24) is 0 Å². The highest BCUT2D eigenvalue weighted by Crippen LogP contribution is 2.25. The Morgan fingerprint density at radius 3 is 2.50 bits per heavy atom. The van der Waals surface area contributed by atoms with Gasteiger partial charge in [-0.05, 0) is 17.7 Å². The molecule has 4 heteroatoms. The van der Waals surface area contributed by atoms with E-state index in [9.17, 15) is 0 Å². The second kappa shape index (κ2) is 4.64. The summed E-state index contributed by atoms with van der Waals surface area (Å²) < 4.78 is 0. The van der Waals surface area contributed by atoms with E-state index in [1.54, 1.807) is 0 Å². The third-order valence-corrected chi connectivity index (χ3v) is 2.48. The Bertz CT molecular complexity index is 312. The van der Waals surface area contributed by atoms with Crippen molar-refractivity contribution in [2.24, 2.45) is 11.5 Å². The van der Waals surface area contributed by atoms with E-state index in [4.69, 9.17) is 23.1 Å². The maximum absolute atomic E-state index is 6.08. The molecule has 1 aromatic rings. The molecule has 4 N–H and O–H groups in total. The molecule has 0 saturated carbocycles. The van der Waals surface area contributed by atoms with E-state index in [1.807, 2.05) is 37.2 Å². The average Bonchev–Trinajstić information content (AvgIpc) is 2.16. The topological polar surface area (TPSA) is 55.3 Å². The van der Waals surface area contributed by atoms with Crippen LogP contribution in [0.5, 0.6) is 0 Å². The smallest absolute Gasteiger partial charge is 0.0474 e. The maximum atomic E-state index is 6.08. The standard InChI is InChI=1S/C10H16ClN3/c1-14(2)7-3-4-8(9(11)5-7)10(13)6-12/h3-5,10H,6,12-13H2,1-2H3/t10-/m0/s1. The average molecular weight is 214 g/mol. The van der Waals surface area contributed by atoms with Gasteiger partial charge in [-0.3, -0.25) is 0 Å². The van der Waals surface area contributed by atoms with E-state index in [2.05, 4.69) is 0 Å². The SMILES string of the molecule is CN(C)c1ccc([C@@H](N)CN)c(Cl)c1. The van der Waals surface area contributed by atoms with E-state index in [1.165, 1.54) is 0 Å². The van der Waals surface area contributed by atoms with Crippen molar-refractivity contribution in [3.8, 4) is 0 Å². The molecule has 78 valence electrons. The number of halogens is 1. The van der Waals surface area contributed by atoms with Crippen LogP contribution in [-0.4, -0.2) is 20.6 Å². The van der Waals surface area contributed by atoms with Gasteiger partial charge in [-0.2, -0.15) is 0 Å². The Labute approximate surface area is 89.6 Å². The Hall–Kier alpha value is -0.770. The molecule has 0 bridgehead atoms. The van der Waals surface area contributed by atoms with Crippen LogP contribution in [0.3, 0.4) is 0 Å². The largest absolute Gasteiger partial charge is 0.378 e. The van der Waals surface area contributed by atoms with Crippen LogP contribution < -0.4 is 16.4 Å². The summed E-state index contributed by atoms with van der Waals surface area (Å²) in [7, 11) is 3.93. The summed E-state index contributed by atoms with van der Waals surface area (Å²) in [5.41, 5.74) is 13.2. The van der Waals surface area contributed by atoms with Crippen LogP contribution in [0.4, 0.5) is 5.69 Å². The minimum Gasteiger partial charge on any atom is -0.378 e. The van der Waals surface area contributed by atoms with Crippen LogP contribution in [0.25, 0.3) is 0 Å². The zero-order chi connectivity index (χ0) is 10.7. The molecular formula is C10H16ClN3. The number of benzene rings is 1. The summed E-state index contributed by atoms with van der Waals surface area (Å²) in [6, 6.07) is 5.62. The number of rotatable bonds is 3. The molecule has 0 unspecified atom stereocenters. The molecule has 1 atom stereocenters. The fourth-order valence-corrected chi connectivity index (χ4v) is 1.54. The monoisotopic (exact) mass is 213 g/mol. The van der Waals surface area contributed by atoms with Gasteiger partial charge in [0.1, 0.15) is 0 Å². The lowest BCUT2D eigenvalue weighted by atomic mass is 10.1. The first kappa shape index (κ1) is 11.3. The van der Waals surface area contributed by atoms with Crippen molar-refractivity contribution in [2.75, 3.05) is 25.5 Å². The fourth-order valence-electron chi connectivity index (χ4n) is 1.22. The summed E-state index contributed by atoms with van der Waals surface area (Å²) >= 11 is 6.08. The van der Waals surface area contributed by atoms with Gasteiger partial charge in [-0.15, -0.1) is 0 Å². The molecule has 0 aromatic heterocycles. The predicted octanol–water partition coefficient (Wildman–Crippen LogP) is 1.36. The molecule has 0 saturated heterocycles. The summed E-state index contributed by atoms with van der Waals surface area (Å²) in [4.78, 5) is 1.99. The van der Waals surface area contributed by atoms with Crippen LogP contribution in [0.2, 0.25) is 5.02 Å². The van der Waals surface area contributed by atoms with Crippen LogP contribution in [0.15, 0.2) is 18.2 Å². The normalized spacial score (nSPS) is 12.6. The number of hydrogen-bond acceptors (Lipinski definition) is 3. The van der Waals surface area contributed by atoms with Gasteiger partial charge in [-0.1, -0.05) is 17.7 Å². The summed E-state index contributed by atoms with van der Waals surface area (Å²) in [6.07, 6.45) is 0. The zero-order valence-corrected chi connectivity index (χ0v) is 9.25. The van der Waals surface area contributed by atoms with Crippen molar-refractivity contribution >= 4 is 17.3 Å². The molecule has 0 amide bonds. The molecule has 0 aliphatic heterocycles. The quantitative estimate of drug-likeness (QED) is 0.798. The Morgan fingerprint density at radius 2 is 2.07 bits per heavy atom. The molecule has 0 fully saturated rings. The van der Waals surface area contributed by atoms with E-state index in [-0.39, 0.29) is 6.04 Å². The van der Waals surface area contributed by atoms with E-state index < -0.39 is 0 Å². The van der Waals surface area contributed by atoms with Crippen molar-refractivity contribution in [3.63, 3.8) is 0 Å². The summed E-state index contributed by atoms with van der Waals surface area (Å²) in [5, 5.41) is 0.675. The van der Waals surface area contributed by atoms with E-state index in [0.29, 0.717) is 11.6 Å². The molecule has 1 rings (SSSR count). The highest BCUT2D eigenvalue weighted by molar-refractivity contribution is 6.31. The van der Waals surface area contributed by atoms with Gasteiger partial charge < -0.3 is 16.4 Å². The number of hydrogen-bond donors (Lipinski definition) is 2. The van der Waals surface area contributed by atoms with Gasteiger partial charge in [0, 0.05) is 37.4 Å². The van der Waals surface area contributed by atoms with Crippen LogP contribution >= 0.6 is 11.6 Å². The molecule has 14 heavy (non-hydrogen) atoms. The molecule has 0 aliphatic carbocycles. The molecule has 0 spiro atoms. The minimum atomic E-state index is -0.182. The highest BCUT2D eigenvalue weighted by Gasteiger charge is 2.09. The lowest BCUT2D eigenvalue weighted by Crippen LogP contribution is -2.21. The number of nitrogens with zero attached hydrogens (tertiary/aromatic N) is 1. The lowest BCUT2D eigenvalue weighted by molar-refractivity contribution is 0.737. The third-order valence-electron chi connectivity index (χ3n) is 2.15. The van der Waals surface area contributed by atoms with Crippen molar-refractivity contribution < 1.29 is 0 Å². The third kappa shape index (κ3) is 2.38. The van der Waals surface area contributed by atoms with Crippen molar-refractivity contribution in [1.29, 1.82) is 0 Å². The van der Waals surface area contributed by atoms with Crippen LogP contribution in [0.1, 0.15) is 11.6 Å². The molecule has 1 aromatic carbocycles. The molecule has 0 radical (unpaired) electrons. The van der Waals surface area contributed by atoms with Gasteiger partial charge in [0.25, 0.3) is 0 Å². The van der Waals surface area contributed by atoms with Gasteiger partial charge in [0.05, 0.1) is 0 Å². The fraction of sp³-hybridized carbons (Fsp3) is 0.400. The van der Waals surface area contributed by atoms with E-state index >= 15 is 0 Å². The van der Waals surface area contributed by atoms with Gasteiger partial charge in [0.15, 0.2) is 0 Å². The second-order valence-corrected chi connectivity index (χ2v) is 3.85. The Balaban J connectivity index is 3.01. The Morgan fingerprint density at radius 1 is 1.43 bits per heavy atom. The second-order valence-electron chi connectivity index (χ2n) is 3.44. The lowest BCUT2D eigenvalue weighted by Gasteiger charge is -2.16. The molecular weight excluding hydrogens is 198 g/mol. The first-order chi connectivity index (χ1) is 6.56. The molecule has 0 heterocycles. The number of anilines is 1. The maximum Gasteiger partial charge on any atom is 0.0474 e. The van der Waals surface area contributed by atoms with E-state index in [0.717, 1.165) is 11.3 Å². The molecule has 3 nitrogen and oxygen atoms in total. The molecule has 0 aliphatic rings. The highest BCUT2D eigenvalue weighted by atomic mass is 35.5. The van der Waals surface area contributed by atoms with Gasteiger partial charge in [-0.25, -0.2) is 0 Å². The van der Waals surface area contributed by atoms with Crippen molar-refractivity contribution in [2.45, 2.75) is 6.04 Å². The van der Waals surface area contributed by atoms with Gasteiger partial charge >= 0.3 is 0 Å². The predicted molar refractivity (Wildman–Crippen MR) is 61.8 cm³/mol. The number of nitrogens with two attached hydrogens (primary N) is 2. The van der Waals surface area contributed by atoms with Crippen LogP contribution in [0, 0.1) is 0 Å². The summed E-state index contributed by atoms with van der Waals surface area (Å²) in [5.74, 6) is 0. The minimum absolute atomic E-state index is 0.182. The summed E-state index contributed by atoms with van der Waals surface area (Å²) in [6.45, 7) is 0.404. The zero-order valence-electron chi connectivity index (χ0n) is 8.50. The van der Waals surface area contributed by atoms with Crippen molar-refractivity contribution in [3.05, 3.63) is 28.8 Å². The Kier molecular flexibility index (Phi) is 3.75. The first-order valence-electron chi connectivity index (χ1n) is 4.48.